The van der Waals surface area contributed by atoms with Crippen molar-refractivity contribution in [2.45, 2.75) is 32.7 Å². The van der Waals surface area contributed by atoms with Gasteiger partial charge in [-0.15, -0.1) is 0 Å². The summed E-state index contributed by atoms with van der Waals surface area (Å²) in [4.78, 5) is 15.7. The van der Waals surface area contributed by atoms with Gasteiger partial charge >= 0.3 is 0 Å². The normalized spacial score (nSPS) is 11.5. The van der Waals surface area contributed by atoms with E-state index >= 15 is 0 Å². The van der Waals surface area contributed by atoms with Gasteiger partial charge in [-0.25, -0.2) is 0 Å². The molecule has 0 saturated heterocycles. The Hall–Kier alpha value is -1.82. The minimum atomic E-state index is 0.0576. The smallest absolute Gasteiger partial charge is 0.250 e. The average molecular weight is 308 g/mol. The van der Waals surface area contributed by atoms with Crippen LogP contribution < -0.4 is 16.2 Å². The summed E-state index contributed by atoms with van der Waals surface area (Å²) in [6, 6.07) is 5.24. The van der Waals surface area contributed by atoms with E-state index in [4.69, 9.17) is 4.74 Å². The number of rotatable bonds is 10. The summed E-state index contributed by atoms with van der Waals surface area (Å²) < 4.78 is 7.02. The second kappa shape index (κ2) is 11.8. The number of unbranched alkanes of at least 4 members (excludes halogenated alkanes) is 1. The molecule has 1 rings (SSSR count). The van der Waals surface area contributed by atoms with Gasteiger partial charge in [0, 0.05) is 52.2 Å². The van der Waals surface area contributed by atoms with Crippen LogP contribution in [0.15, 0.2) is 34.2 Å². The fraction of sp³-hybridized carbons (Fsp3) is 0.625. The van der Waals surface area contributed by atoms with E-state index in [9.17, 15) is 4.79 Å². The Kier molecular flexibility index (Phi) is 9.78. The summed E-state index contributed by atoms with van der Waals surface area (Å²) in [5, 5.41) is 6.52. The fourth-order valence-corrected chi connectivity index (χ4v) is 2.01. The second-order valence-corrected chi connectivity index (χ2v) is 4.92. The zero-order valence-electron chi connectivity index (χ0n) is 13.7. The van der Waals surface area contributed by atoms with Crippen LogP contribution in [0.25, 0.3) is 0 Å². The molecular weight excluding hydrogens is 280 g/mol. The number of aliphatic imine (C=N–C) groups is 1. The molecule has 6 heteroatoms. The number of ether oxygens (including phenoxy) is 1. The van der Waals surface area contributed by atoms with Gasteiger partial charge in [-0.3, -0.25) is 9.79 Å². The third-order valence-corrected chi connectivity index (χ3v) is 3.20. The molecule has 0 radical (unpaired) electrons. The van der Waals surface area contributed by atoms with Crippen LogP contribution in [-0.2, 0) is 11.3 Å². The predicted octanol–water partition coefficient (Wildman–Crippen LogP) is 1.22. The van der Waals surface area contributed by atoms with Crippen molar-refractivity contribution in [3.8, 4) is 0 Å². The summed E-state index contributed by atoms with van der Waals surface area (Å²) in [7, 11) is 1.77. The van der Waals surface area contributed by atoms with Crippen LogP contribution in [0, 0.1) is 0 Å². The summed E-state index contributed by atoms with van der Waals surface area (Å²) in [5.74, 6) is 0.813. The molecule has 1 aromatic heterocycles. The van der Waals surface area contributed by atoms with Crippen LogP contribution in [0.5, 0.6) is 0 Å². The molecule has 0 bridgehead atoms. The molecule has 0 atom stereocenters. The molecule has 0 amide bonds. The van der Waals surface area contributed by atoms with E-state index in [1.807, 2.05) is 19.2 Å². The first-order valence-electron chi connectivity index (χ1n) is 7.95. The summed E-state index contributed by atoms with van der Waals surface area (Å²) in [6.07, 6.45) is 4.74. The van der Waals surface area contributed by atoms with Crippen LogP contribution >= 0.6 is 0 Å². The number of nitrogens with one attached hydrogen (secondary N) is 2. The molecule has 6 nitrogen and oxygen atoms in total. The van der Waals surface area contributed by atoms with Gasteiger partial charge in [0.15, 0.2) is 5.96 Å². The van der Waals surface area contributed by atoms with E-state index in [2.05, 4.69) is 15.6 Å². The lowest BCUT2D eigenvalue weighted by molar-refractivity contribution is 0.145. The molecule has 1 aromatic rings. The van der Waals surface area contributed by atoms with E-state index in [0.717, 1.165) is 58.1 Å². The van der Waals surface area contributed by atoms with Crippen molar-refractivity contribution >= 4 is 5.96 Å². The molecule has 0 aliphatic carbocycles. The maximum atomic E-state index is 11.5. The van der Waals surface area contributed by atoms with Crippen molar-refractivity contribution in [2.24, 2.45) is 4.99 Å². The van der Waals surface area contributed by atoms with Crippen molar-refractivity contribution in [2.75, 3.05) is 33.4 Å². The maximum Gasteiger partial charge on any atom is 0.250 e. The molecule has 2 N–H and O–H groups in total. The topological polar surface area (TPSA) is 67.7 Å². The van der Waals surface area contributed by atoms with Gasteiger partial charge in [0.25, 0.3) is 0 Å². The van der Waals surface area contributed by atoms with E-state index in [-0.39, 0.29) is 5.56 Å². The van der Waals surface area contributed by atoms with Crippen molar-refractivity contribution in [3.63, 3.8) is 0 Å². The third-order valence-electron chi connectivity index (χ3n) is 3.20. The zero-order chi connectivity index (χ0) is 16.0. The lowest BCUT2D eigenvalue weighted by Crippen LogP contribution is -2.38. The van der Waals surface area contributed by atoms with E-state index < -0.39 is 0 Å². The Labute approximate surface area is 132 Å². The first-order valence-corrected chi connectivity index (χ1v) is 7.95. The number of hydrogen-bond donors (Lipinski definition) is 2. The Morgan fingerprint density at radius 1 is 1.23 bits per heavy atom. The molecule has 0 fully saturated rings. The van der Waals surface area contributed by atoms with E-state index in [0.29, 0.717) is 0 Å². The standard InChI is InChI=1S/C16H28N4O2/c1-3-22-14-8-11-19-16(17-2)18-10-5-7-13-20-12-6-4-9-15(20)21/h4,6,9,12H,3,5,7-8,10-11,13-14H2,1-2H3,(H2,17,18,19). The van der Waals surface area contributed by atoms with E-state index in [1.54, 1.807) is 23.7 Å². The minimum absolute atomic E-state index is 0.0576. The largest absolute Gasteiger partial charge is 0.382 e. The minimum Gasteiger partial charge on any atom is -0.382 e. The highest BCUT2D eigenvalue weighted by atomic mass is 16.5. The van der Waals surface area contributed by atoms with Gasteiger partial charge in [-0.05, 0) is 32.3 Å². The molecule has 0 saturated carbocycles. The Balaban J connectivity index is 2.09. The van der Waals surface area contributed by atoms with Gasteiger partial charge in [-0.1, -0.05) is 6.07 Å². The molecule has 1 heterocycles. The lowest BCUT2D eigenvalue weighted by atomic mass is 10.3. The van der Waals surface area contributed by atoms with Crippen LogP contribution in [0.2, 0.25) is 0 Å². The molecular formula is C16H28N4O2. The van der Waals surface area contributed by atoms with Gasteiger partial charge in [0.2, 0.25) is 5.56 Å². The number of pyridine rings is 1. The fourth-order valence-electron chi connectivity index (χ4n) is 2.01. The molecule has 22 heavy (non-hydrogen) atoms. The number of aromatic nitrogens is 1. The summed E-state index contributed by atoms with van der Waals surface area (Å²) in [6.45, 7) is 5.97. The van der Waals surface area contributed by atoms with Gasteiger partial charge in [-0.2, -0.15) is 0 Å². The molecule has 0 spiro atoms. The maximum absolute atomic E-state index is 11.5. The Morgan fingerprint density at radius 3 is 2.68 bits per heavy atom. The Bertz CT molecular complexity index is 485. The molecule has 0 unspecified atom stereocenters. The van der Waals surface area contributed by atoms with Crippen molar-refractivity contribution < 1.29 is 4.74 Å². The zero-order valence-corrected chi connectivity index (χ0v) is 13.7. The average Bonchev–Trinajstić information content (AvgIpc) is 2.54. The summed E-state index contributed by atoms with van der Waals surface area (Å²) >= 11 is 0. The van der Waals surface area contributed by atoms with Gasteiger partial charge in [0.1, 0.15) is 0 Å². The monoisotopic (exact) mass is 308 g/mol. The highest BCUT2D eigenvalue weighted by Gasteiger charge is 1.97. The summed E-state index contributed by atoms with van der Waals surface area (Å²) in [5.41, 5.74) is 0.0576. The molecule has 124 valence electrons. The van der Waals surface area contributed by atoms with Crippen molar-refractivity contribution in [3.05, 3.63) is 34.7 Å². The number of aryl methyl sites for hydroxylation is 1. The molecule has 0 aromatic carbocycles. The highest BCUT2D eigenvalue weighted by molar-refractivity contribution is 5.79. The van der Waals surface area contributed by atoms with Crippen LogP contribution in [0.3, 0.4) is 0 Å². The first kappa shape index (κ1) is 18.2. The number of hydrogen-bond acceptors (Lipinski definition) is 3. The van der Waals surface area contributed by atoms with E-state index in [1.165, 1.54) is 0 Å². The molecule has 0 aliphatic rings. The highest BCUT2D eigenvalue weighted by Crippen LogP contribution is 1.92. The second-order valence-electron chi connectivity index (χ2n) is 4.92. The SMILES string of the molecule is CCOCCCNC(=NC)NCCCCn1ccccc1=O. The Morgan fingerprint density at radius 2 is 2.00 bits per heavy atom. The molecule has 0 aliphatic heterocycles. The quantitative estimate of drug-likeness (QED) is 0.387. The first-order chi connectivity index (χ1) is 10.8. The third kappa shape index (κ3) is 7.83. The van der Waals surface area contributed by atoms with Crippen LogP contribution in [0.4, 0.5) is 0 Å². The predicted molar refractivity (Wildman–Crippen MR) is 90.4 cm³/mol. The van der Waals surface area contributed by atoms with Crippen LogP contribution in [-0.4, -0.2) is 43.9 Å². The number of nitrogens with zero attached hydrogens (tertiary/aromatic N) is 2. The lowest BCUT2D eigenvalue weighted by Gasteiger charge is -2.12. The van der Waals surface area contributed by atoms with Crippen molar-refractivity contribution in [1.29, 1.82) is 0 Å². The number of guanidine groups is 1. The van der Waals surface area contributed by atoms with Gasteiger partial charge < -0.3 is 19.9 Å². The van der Waals surface area contributed by atoms with Crippen molar-refractivity contribution in [1.82, 2.24) is 15.2 Å². The van der Waals surface area contributed by atoms with Crippen LogP contribution in [0.1, 0.15) is 26.2 Å². The van der Waals surface area contributed by atoms with Gasteiger partial charge in [0.05, 0.1) is 0 Å².